The molecule has 0 spiro atoms. The Morgan fingerprint density at radius 1 is 0.975 bits per heavy atom. The SMILES string of the molecule is CC(F)(c1ccc2c(c1)CC[C@H]1N(C3CCc4cc(C(=O)O)ccc43)CC[C@@]21Cc1ccc(F)cc1)C(F)(F)F. The molecule has 0 amide bonds. The van der Waals surface area contributed by atoms with Crippen LogP contribution in [-0.4, -0.2) is 34.7 Å². The minimum atomic E-state index is -5.02. The summed E-state index contributed by atoms with van der Waals surface area (Å²) in [6.45, 7) is 1.33. The Balaban J connectivity index is 1.41. The zero-order valence-corrected chi connectivity index (χ0v) is 22.1. The number of fused-ring (bicyclic) bond motifs is 4. The number of halogens is 5. The van der Waals surface area contributed by atoms with Crippen LogP contribution < -0.4 is 0 Å². The molecule has 1 heterocycles. The molecule has 0 aromatic heterocycles. The van der Waals surface area contributed by atoms with Gasteiger partial charge in [-0.25, -0.2) is 13.6 Å². The van der Waals surface area contributed by atoms with E-state index in [2.05, 4.69) is 4.90 Å². The number of rotatable bonds is 5. The Bertz CT molecular complexity index is 1470. The molecule has 210 valence electrons. The minimum absolute atomic E-state index is 0.0744. The number of aryl methyl sites for hydroxylation is 2. The number of alkyl halides is 4. The smallest absolute Gasteiger partial charge is 0.426 e. The summed E-state index contributed by atoms with van der Waals surface area (Å²) >= 11 is 0. The number of nitrogens with zero attached hydrogens (tertiary/aromatic N) is 1. The third-order valence-corrected chi connectivity index (χ3v) is 9.53. The van der Waals surface area contributed by atoms with Gasteiger partial charge in [0.2, 0.25) is 5.67 Å². The van der Waals surface area contributed by atoms with Crippen molar-refractivity contribution in [3.8, 4) is 0 Å². The van der Waals surface area contributed by atoms with Gasteiger partial charge in [-0.3, -0.25) is 4.90 Å². The number of carbonyl (C=O) groups is 1. The lowest BCUT2D eigenvalue weighted by molar-refractivity contribution is -0.228. The van der Waals surface area contributed by atoms with Crippen LogP contribution >= 0.6 is 0 Å². The molecule has 3 aromatic carbocycles. The first kappa shape index (κ1) is 26.9. The van der Waals surface area contributed by atoms with E-state index in [0.717, 1.165) is 53.6 Å². The molecular formula is C32H30F5NO2. The van der Waals surface area contributed by atoms with Crippen LogP contribution in [0.15, 0.2) is 60.7 Å². The van der Waals surface area contributed by atoms with Crippen molar-refractivity contribution in [2.24, 2.45) is 0 Å². The first-order valence-electron chi connectivity index (χ1n) is 13.7. The van der Waals surface area contributed by atoms with Crippen LogP contribution in [0.5, 0.6) is 0 Å². The fraction of sp³-hybridized carbons (Fsp3) is 0.406. The number of likely N-dealkylation sites (tertiary alicyclic amines) is 1. The second-order valence-corrected chi connectivity index (χ2v) is 11.6. The van der Waals surface area contributed by atoms with E-state index in [9.17, 15) is 31.9 Å². The summed E-state index contributed by atoms with van der Waals surface area (Å²) in [7, 11) is 0. The lowest BCUT2D eigenvalue weighted by atomic mass is 9.63. The van der Waals surface area contributed by atoms with Crippen LogP contribution in [0.4, 0.5) is 22.0 Å². The number of aromatic carboxylic acids is 1. The molecular weight excluding hydrogens is 525 g/mol. The van der Waals surface area contributed by atoms with Gasteiger partial charge in [0.15, 0.2) is 0 Å². The molecule has 3 aliphatic rings. The summed E-state index contributed by atoms with van der Waals surface area (Å²) in [5, 5.41) is 9.43. The Kier molecular flexibility index (Phi) is 6.33. The predicted molar refractivity (Wildman–Crippen MR) is 141 cm³/mol. The highest BCUT2D eigenvalue weighted by Crippen LogP contribution is 2.54. The van der Waals surface area contributed by atoms with Crippen molar-refractivity contribution in [2.75, 3.05) is 6.54 Å². The lowest BCUT2D eigenvalue weighted by Gasteiger charge is -2.45. The van der Waals surface area contributed by atoms with E-state index in [1.54, 1.807) is 30.3 Å². The summed E-state index contributed by atoms with van der Waals surface area (Å²) in [5.74, 6) is -1.29. The molecule has 0 radical (unpaired) electrons. The fourth-order valence-electron chi connectivity index (χ4n) is 7.47. The molecule has 0 saturated carbocycles. The van der Waals surface area contributed by atoms with Crippen LogP contribution in [0, 0.1) is 5.82 Å². The number of carboxylic acid groups (broad SMARTS) is 1. The van der Waals surface area contributed by atoms with Crippen LogP contribution in [-0.2, 0) is 30.3 Å². The predicted octanol–water partition coefficient (Wildman–Crippen LogP) is 7.46. The molecule has 1 saturated heterocycles. The Hall–Kier alpha value is -3.26. The van der Waals surface area contributed by atoms with Gasteiger partial charge in [0, 0.05) is 17.5 Å². The van der Waals surface area contributed by atoms with Gasteiger partial charge < -0.3 is 5.11 Å². The van der Waals surface area contributed by atoms with Crippen molar-refractivity contribution in [3.05, 3.63) is 105 Å². The molecule has 2 aliphatic carbocycles. The maximum atomic E-state index is 14.9. The molecule has 40 heavy (non-hydrogen) atoms. The molecule has 8 heteroatoms. The molecule has 1 aliphatic heterocycles. The van der Waals surface area contributed by atoms with E-state index in [1.165, 1.54) is 24.3 Å². The zero-order chi connectivity index (χ0) is 28.4. The van der Waals surface area contributed by atoms with E-state index in [1.807, 2.05) is 6.07 Å². The normalized spacial score (nSPS) is 25.6. The highest BCUT2D eigenvalue weighted by Gasteiger charge is 2.56. The molecule has 1 N–H and O–H groups in total. The van der Waals surface area contributed by atoms with Gasteiger partial charge in [-0.15, -0.1) is 0 Å². The molecule has 6 rings (SSSR count). The van der Waals surface area contributed by atoms with Crippen molar-refractivity contribution in [1.29, 1.82) is 0 Å². The molecule has 0 bridgehead atoms. The van der Waals surface area contributed by atoms with E-state index in [-0.39, 0.29) is 29.0 Å². The number of benzene rings is 3. The summed E-state index contributed by atoms with van der Waals surface area (Å²) < 4.78 is 69.3. The standard InChI is InChI=1S/C32H30F5NO2/c1-30(34,32(35,36)37)23-7-11-26-21(17-23)6-13-28-31(26,18-19-2-8-24(33)9-3-19)14-15-38(28)27-12-5-20-16-22(29(39)40)4-10-25(20)27/h2-4,7-11,16-17,27-28H,5-6,12-15,18H2,1H3,(H,39,40)/t27?,28-,30?,31-/m1/s1. The largest absolute Gasteiger partial charge is 0.478 e. The van der Waals surface area contributed by atoms with E-state index in [0.29, 0.717) is 26.2 Å². The topological polar surface area (TPSA) is 40.5 Å². The van der Waals surface area contributed by atoms with Gasteiger partial charge in [0.25, 0.3) is 0 Å². The third-order valence-electron chi connectivity index (χ3n) is 9.53. The molecule has 2 unspecified atom stereocenters. The van der Waals surface area contributed by atoms with Gasteiger partial charge >= 0.3 is 12.1 Å². The first-order valence-corrected chi connectivity index (χ1v) is 13.7. The zero-order valence-electron chi connectivity index (χ0n) is 22.1. The van der Waals surface area contributed by atoms with Crippen molar-refractivity contribution < 1.29 is 31.9 Å². The quantitative estimate of drug-likeness (QED) is 0.332. The highest BCUT2D eigenvalue weighted by atomic mass is 19.4. The van der Waals surface area contributed by atoms with Gasteiger partial charge in [-0.1, -0.05) is 36.4 Å². The Morgan fingerprint density at radius 2 is 1.70 bits per heavy atom. The minimum Gasteiger partial charge on any atom is -0.478 e. The van der Waals surface area contributed by atoms with E-state index in [4.69, 9.17) is 0 Å². The van der Waals surface area contributed by atoms with Crippen LogP contribution in [0.1, 0.15) is 76.0 Å². The van der Waals surface area contributed by atoms with Crippen LogP contribution in [0.3, 0.4) is 0 Å². The first-order chi connectivity index (χ1) is 18.9. The average Bonchev–Trinajstić information content (AvgIpc) is 3.50. The maximum absolute atomic E-state index is 14.9. The molecule has 3 nitrogen and oxygen atoms in total. The Labute approximate surface area is 229 Å². The van der Waals surface area contributed by atoms with Crippen LogP contribution in [0.25, 0.3) is 0 Å². The number of carboxylic acids is 1. The number of hydrogen-bond donors (Lipinski definition) is 1. The lowest BCUT2D eigenvalue weighted by Crippen LogP contribution is -2.48. The van der Waals surface area contributed by atoms with E-state index >= 15 is 0 Å². The molecule has 3 aromatic rings. The highest BCUT2D eigenvalue weighted by molar-refractivity contribution is 5.88. The average molecular weight is 556 g/mol. The van der Waals surface area contributed by atoms with Crippen molar-refractivity contribution >= 4 is 5.97 Å². The van der Waals surface area contributed by atoms with Crippen molar-refractivity contribution in [2.45, 2.75) is 74.8 Å². The van der Waals surface area contributed by atoms with Crippen molar-refractivity contribution in [3.63, 3.8) is 0 Å². The van der Waals surface area contributed by atoms with E-state index < -0.39 is 23.2 Å². The summed E-state index contributed by atoms with van der Waals surface area (Å²) in [6, 6.07) is 16.2. The third kappa shape index (κ3) is 4.23. The maximum Gasteiger partial charge on any atom is 0.426 e. The number of hydrogen-bond acceptors (Lipinski definition) is 2. The van der Waals surface area contributed by atoms with Gasteiger partial charge in [-0.05, 0) is 110 Å². The Morgan fingerprint density at radius 3 is 2.40 bits per heavy atom. The summed E-state index contributed by atoms with van der Waals surface area (Å²) in [4.78, 5) is 14.0. The fourth-order valence-corrected chi connectivity index (χ4v) is 7.47. The van der Waals surface area contributed by atoms with Gasteiger partial charge in [-0.2, -0.15) is 13.2 Å². The second-order valence-electron chi connectivity index (χ2n) is 11.6. The second kappa shape index (κ2) is 9.40. The van der Waals surface area contributed by atoms with Gasteiger partial charge in [0.05, 0.1) is 5.56 Å². The van der Waals surface area contributed by atoms with Crippen molar-refractivity contribution in [1.82, 2.24) is 4.90 Å². The molecule has 1 fully saturated rings. The van der Waals surface area contributed by atoms with Crippen LogP contribution in [0.2, 0.25) is 0 Å². The monoisotopic (exact) mass is 555 g/mol. The van der Waals surface area contributed by atoms with Gasteiger partial charge in [0.1, 0.15) is 5.82 Å². The summed E-state index contributed by atoms with van der Waals surface area (Å²) in [6.07, 6.45) is -0.810. The summed E-state index contributed by atoms with van der Waals surface area (Å²) in [5.41, 5.74) is 0.786. The molecule has 4 atom stereocenters.